The molecule has 0 aromatic heterocycles. The smallest absolute Gasteiger partial charge is 0.159 e. The van der Waals surface area contributed by atoms with Crippen LogP contribution in [0.4, 0.5) is 0 Å². The molecule has 1 rings (SSSR count). The van der Waals surface area contributed by atoms with Gasteiger partial charge in [-0.2, -0.15) is 0 Å². The van der Waals surface area contributed by atoms with Crippen LogP contribution in [0.3, 0.4) is 0 Å². The molecular weight excluding hydrogens is 248 g/mol. The topological polar surface area (TPSA) is 18.5 Å². The van der Waals surface area contributed by atoms with Gasteiger partial charge in [0, 0.05) is 20.1 Å². The molecule has 0 aromatic carbocycles. The van der Waals surface area contributed by atoms with Crippen LogP contribution in [0.15, 0.2) is 0 Å². The summed E-state index contributed by atoms with van der Waals surface area (Å²) in [5.74, 6) is 1.43. The van der Waals surface area contributed by atoms with Crippen LogP contribution < -0.4 is 0 Å². The monoisotopic (exact) mass is 284 g/mol. The fourth-order valence-electron chi connectivity index (χ4n) is 3.76. The summed E-state index contributed by atoms with van der Waals surface area (Å²) in [6.07, 6.45) is 16.5. The lowest BCUT2D eigenvalue weighted by Gasteiger charge is -2.34. The Morgan fingerprint density at radius 3 is 2.05 bits per heavy atom. The van der Waals surface area contributed by atoms with Crippen molar-refractivity contribution in [2.75, 3.05) is 14.2 Å². The SMILES string of the molecule is CCCCCCCCC(C1CCCCC1)C(OC)OC. The molecule has 0 saturated heterocycles. The van der Waals surface area contributed by atoms with Gasteiger partial charge in [0.05, 0.1) is 0 Å². The molecule has 2 heteroatoms. The van der Waals surface area contributed by atoms with E-state index in [0.29, 0.717) is 5.92 Å². The molecule has 0 N–H and O–H groups in total. The van der Waals surface area contributed by atoms with Crippen LogP contribution in [0.25, 0.3) is 0 Å². The highest BCUT2D eigenvalue weighted by molar-refractivity contribution is 4.76. The maximum absolute atomic E-state index is 5.59. The van der Waals surface area contributed by atoms with Crippen molar-refractivity contribution >= 4 is 0 Å². The largest absolute Gasteiger partial charge is 0.356 e. The Hall–Kier alpha value is -0.0800. The van der Waals surface area contributed by atoms with Crippen LogP contribution >= 0.6 is 0 Å². The van der Waals surface area contributed by atoms with E-state index < -0.39 is 0 Å². The number of ether oxygens (including phenoxy) is 2. The van der Waals surface area contributed by atoms with E-state index in [0.717, 1.165) is 5.92 Å². The van der Waals surface area contributed by atoms with Gasteiger partial charge in [-0.3, -0.25) is 0 Å². The minimum atomic E-state index is 0.00809. The van der Waals surface area contributed by atoms with Gasteiger partial charge < -0.3 is 9.47 Å². The fourth-order valence-corrected chi connectivity index (χ4v) is 3.76. The van der Waals surface area contributed by atoms with Crippen molar-refractivity contribution in [1.82, 2.24) is 0 Å². The second kappa shape index (κ2) is 11.6. The highest BCUT2D eigenvalue weighted by atomic mass is 16.7. The number of methoxy groups -OCH3 is 2. The van der Waals surface area contributed by atoms with Gasteiger partial charge in [0.15, 0.2) is 6.29 Å². The third-order valence-electron chi connectivity index (χ3n) is 4.96. The van der Waals surface area contributed by atoms with E-state index in [1.807, 2.05) is 0 Å². The second-order valence-corrected chi connectivity index (χ2v) is 6.46. The minimum absolute atomic E-state index is 0.00809. The molecule has 120 valence electrons. The lowest BCUT2D eigenvalue weighted by Crippen LogP contribution is -2.32. The maximum Gasteiger partial charge on any atom is 0.159 e. The Labute approximate surface area is 126 Å². The maximum atomic E-state index is 5.59. The quantitative estimate of drug-likeness (QED) is 0.366. The molecule has 1 saturated carbocycles. The van der Waals surface area contributed by atoms with Gasteiger partial charge >= 0.3 is 0 Å². The molecule has 1 aliphatic carbocycles. The average Bonchev–Trinajstić information content (AvgIpc) is 2.50. The van der Waals surface area contributed by atoms with Crippen LogP contribution in [0.1, 0.15) is 84.0 Å². The number of unbranched alkanes of at least 4 members (excludes halogenated alkanes) is 5. The normalized spacial score (nSPS) is 18.6. The molecule has 1 aliphatic rings. The Bertz CT molecular complexity index is 207. The summed E-state index contributed by atoms with van der Waals surface area (Å²) in [5.41, 5.74) is 0. The zero-order valence-electron chi connectivity index (χ0n) is 14.0. The summed E-state index contributed by atoms with van der Waals surface area (Å²) in [4.78, 5) is 0. The van der Waals surface area contributed by atoms with E-state index in [4.69, 9.17) is 9.47 Å². The molecule has 0 aromatic rings. The van der Waals surface area contributed by atoms with Crippen molar-refractivity contribution in [2.24, 2.45) is 11.8 Å². The van der Waals surface area contributed by atoms with Gasteiger partial charge in [-0.15, -0.1) is 0 Å². The minimum Gasteiger partial charge on any atom is -0.356 e. The van der Waals surface area contributed by atoms with Crippen molar-refractivity contribution in [3.05, 3.63) is 0 Å². The van der Waals surface area contributed by atoms with Gasteiger partial charge in [-0.05, 0) is 25.2 Å². The molecule has 2 nitrogen and oxygen atoms in total. The van der Waals surface area contributed by atoms with E-state index in [-0.39, 0.29) is 6.29 Å². The van der Waals surface area contributed by atoms with Crippen molar-refractivity contribution in [1.29, 1.82) is 0 Å². The van der Waals surface area contributed by atoms with Gasteiger partial charge in [0.25, 0.3) is 0 Å². The van der Waals surface area contributed by atoms with E-state index in [2.05, 4.69) is 6.92 Å². The first-order valence-corrected chi connectivity index (χ1v) is 8.89. The standard InChI is InChI=1S/C18H36O2/c1-4-5-6-7-8-12-15-17(18(19-2)20-3)16-13-10-9-11-14-16/h16-18H,4-15H2,1-3H3. The highest BCUT2D eigenvalue weighted by Crippen LogP contribution is 2.35. The third kappa shape index (κ3) is 6.58. The molecule has 20 heavy (non-hydrogen) atoms. The summed E-state index contributed by atoms with van der Waals surface area (Å²) in [6, 6.07) is 0. The predicted molar refractivity (Wildman–Crippen MR) is 85.9 cm³/mol. The Morgan fingerprint density at radius 1 is 0.850 bits per heavy atom. The predicted octanol–water partition coefficient (Wildman–Crippen LogP) is 5.55. The van der Waals surface area contributed by atoms with E-state index >= 15 is 0 Å². The highest BCUT2D eigenvalue weighted by Gasteiger charge is 2.30. The van der Waals surface area contributed by atoms with Crippen molar-refractivity contribution in [3.8, 4) is 0 Å². The van der Waals surface area contributed by atoms with Crippen LogP contribution in [-0.2, 0) is 9.47 Å². The lowest BCUT2D eigenvalue weighted by atomic mass is 9.77. The molecule has 0 spiro atoms. The number of hydrogen-bond acceptors (Lipinski definition) is 2. The first-order valence-electron chi connectivity index (χ1n) is 8.89. The Morgan fingerprint density at radius 2 is 1.45 bits per heavy atom. The van der Waals surface area contributed by atoms with Gasteiger partial charge in [0.2, 0.25) is 0 Å². The third-order valence-corrected chi connectivity index (χ3v) is 4.96. The Balaban J connectivity index is 2.33. The van der Waals surface area contributed by atoms with Crippen LogP contribution in [0.2, 0.25) is 0 Å². The van der Waals surface area contributed by atoms with Gasteiger partial charge in [-0.25, -0.2) is 0 Å². The van der Waals surface area contributed by atoms with E-state index in [1.165, 1.54) is 77.0 Å². The van der Waals surface area contributed by atoms with E-state index in [1.54, 1.807) is 14.2 Å². The molecule has 1 fully saturated rings. The zero-order valence-corrected chi connectivity index (χ0v) is 14.0. The van der Waals surface area contributed by atoms with Gasteiger partial charge in [0.1, 0.15) is 0 Å². The molecule has 1 unspecified atom stereocenters. The van der Waals surface area contributed by atoms with Crippen LogP contribution in [-0.4, -0.2) is 20.5 Å². The zero-order chi connectivity index (χ0) is 14.6. The molecule has 0 aliphatic heterocycles. The summed E-state index contributed by atoms with van der Waals surface area (Å²) < 4.78 is 11.2. The molecule has 0 radical (unpaired) electrons. The van der Waals surface area contributed by atoms with Crippen LogP contribution in [0, 0.1) is 11.8 Å². The average molecular weight is 284 g/mol. The number of rotatable bonds is 11. The lowest BCUT2D eigenvalue weighted by molar-refractivity contribution is -0.154. The second-order valence-electron chi connectivity index (χ2n) is 6.46. The van der Waals surface area contributed by atoms with Crippen LogP contribution in [0.5, 0.6) is 0 Å². The summed E-state index contributed by atoms with van der Waals surface area (Å²) in [6.45, 7) is 2.28. The molecule has 1 atom stereocenters. The fraction of sp³-hybridized carbons (Fsp3) is 1.00. The summed E-state index contributed by atoms with van der Waals surface area (Å²) in [7, 11) is 3.59. The summed E-state index contributed by atoms with van der Waals surface area (Å²) in [5, 5.41) is 0. The summed E-state index contributed by atoms with van der Waals surface area (Å²) >= 11 is 0. The molecular formula is C18H36O2. The first-order chi connectivity index (χ1) is 9.83. The first kappa shape index (κ1) is 18.0. The van der Waals surface area contributed by atoms with Gasteiger partial charge in [-0.1, -0.05) is 64.7 Å². The van der Waals surface area contributed by atoms with Crippen molar-refractivity contribution in [2.45, 2.75) is 90.3 Å². The molecule has 0 heterocycles. The van der Waals surface area contributed by atoms with Crippen molar-refractivity contribution < 1.29 is 9.47 Å². The van der Waals surface area contributed by atoms with E-state index in [9.17, 15) is 0 Å². The Kier molecular flexibility index (Phi) is 10.4. The molecule has 0 bridgehead atoms. The van der Waals surface area contributed by atoms with Crippen molar-refractivity contribution in [3.63, 3.8) is 0 Å². The number of hydrogen-bond donors (Lipinski definition) is 0. The molecule has 0 amide bonds.